The largest absolute Gasteiger partial charge is 0.497 e. The molecule has 1 N–H and O–H groups in total. The van der Waals surface area contributed by atoms with Crippen LogP contribution in [0.2, 0.25) is 0 Å². The topological polar surface area (TPSA) is 49.7 Å². The Balaban J connectivity index is 1.62. The first-order chi connectivity index (χ1) is 16.5. The van der Waals surface area contributed by atoms with Crippen molar-refractivity contribution in [1.29, 1.82) is 0 Å². The Morgan fingerprint density at radius 3 is 2.47 bits per heavy atom. The van der Waals surface area contributed by atoms with Gasteiger partial charge < -0.3 is 23.8 Å². The molecule has 3 aromatic carbocycles. The maximum absolute atomic E-state index is 12.6. The number of fused-ring (bicyclic) bond motifs is 2. The normalized spacial score (nSPS) is 13.2. The molecule has 0 saturated carbocycles. The third-order valence-electron chi connectivity index (χ3n) is 6.37. The predicted octanol–water partition coefficient (Wildman–Crippen LogP) is 5.56. The van der Waals surface area contributed by atoms with Crippen molar-refractivity contribution in [2.45, 2.75) is 11.8 Å². The molecule has 34 heavy (non-hydrogen) atoms. The number of para-hydroxylation sites is 1. The molecule has 0 spiro atoms. The predicted molar refractivity (Wildman–Crippen MR) is 143 cm³/mol. The minimum absolute atomic E-state index is 0.0103. The van der Waals surface area contributed by atoms with Gasteiger partial charge in [-0.05, 0) is 55.3 Å². The fraction of sp³-hybridized carbons (Fsp3) is 0.222. The zero-order valence-corrected chi connectivity index (χ0v) is 20.6. The van der Waals surface area contributed by atoms with Gasteiger partial charge in [0.25, 0.3) is 5.56 Å². The van der Waals surface area contributed by atoms with Crippen molar-refractivity contribution in [2.75, 3.05) is 41.8 Å². The van der Waals surface area contributed by atoms with Crippen molar-refractivity contribution in [1.82, 2.24) is 4.57 Å². The molecule has 0 amide bonds. The molecule has 0 atom stereocenters. The number of rotatable bonds is 5. The maximum atomic E-state index is 12.6. The van der Waals surface area contributed by atoms with Gasteiger partial charge in [0.2, 0.25) is 0 Å². The molecule has 5 rings (SSSR count). The zero-order valence-electron chi connectivity index (χ0n) is 19.8. The summed E-state index contributed by atoms with van der Waals surface area (Å²) < 4.78 is 10.8. The summed E-state index contributed by atoms with van der Waals surface area (Å²) in [6.07, 6.45) is 0. The van der Waals surface area contributed by atoms with Crippen molar-refractivity contribution in [3.8, 4) is 5.75 Å². The van der Waals surface area contributed by atoms with Crippen LogP contribution in [0.25, 0.3) is 10.9 Å². The lowest BCUT2D eigenvalue weighted by Crippen LogP contribution is -2.36. The van der Waals surface area contributed by atoms with Gasteiger partial charge in [-0.3, -0.25) is 4.79 Å². The molecule has 0 saturated heterocycles. The fourth-order valence-corrected chi connectivity index (χ4v) is 5.17. The second-order valence-corrected chi connectivity index (χ2v) is 9.44. The number of ether oxygens (including phenoxy) is 1. The minimum atomic E-state index is 0.0103. The molecular weight excluding hydrogens is 444 g/mol. The molecule has 1 aliphatic rings. The first-order valence-corrected chi connectivity index (χ1v) is 12.1. The van der Waals surface area contributed by atoms with E-state index in [0.29, 0.717) is 0 Å². The van der Waals surface area contributed by atoms with E-state index in [-0.39, 0.29) is 5.56 Å². The summed E-state index contributed by atoms with van der Waals surface area (Å²) in [7, 11) is 5.62. The average molecular weight is 473 g/mol. The molecule has 0 radical (unpaired) electrons. The molecular formula is C27H28N4O2S. The summed E-state index contributed by atoms with van der Waals surface area (Å²) in [4.78, 5) is 18.4. The van der Waals surface area contributed by atoms with Gasteiger partial charge in [-0.15, -0.1) is 0 Å². The van der Waals surface area contributed by atoms with Gasteiger partial charge in [0.1, 0.15) is 5.75 Å². The van der Waals surface area contributed by atoms with Crippen molar-refractivity contribution < 1.29 is 4.74 Å². The highest BCUT2D eigenvalue weighted by Crippen LogP contribution is 2.43. The number of nitrogens with zero attached hydrogens (tertiary/aromatic N) is 3. The first-order valence-electron chi connectivity index (χ1n) is 11.3. The van der Waals surface area contributed by atoms with Gasteiger partial charge in [0.15, 0.2) is 0 Å². The Morgan fingerprint density at radius 1 is 0.912 bits per heavy atom. The van der Waals surface area contributed by atoms with Crippen molar-refractivity contribution in [3.63, 3.8) is 0 Å². The number of aryl methyl sites for hydroxylation is 2. The van der Waals surface area contributed by atoms with Crippen LogP contribution in [0.3, 0.4) is 0 Å². The number of pyridine rings is 1. The van der Waals surface area contributed by atoms with Crippen LogP contribution in [-0.2, 0) is 7.05 Å². The quantitative estimate of drug-likeness (QED) is 0.384. The van der Waals surface area contributed by atoms with E-state index in [4.69, 9.17) is 4.74 Å². The third kappa shape index (κ3) is 3.96. The zero-order chi connectivity index (χ0) is 23.8. The van der Waals surface area contributed by atoms with Crippen LogP contribution in [0, 0.1) is 6.92 Å². The number of hydrogen-bond donors (Lipinski definition) is 1. The average Bonchev–Trinajstić information content (AvgIpc) is 2.87. The molecule has 0 bridgehead atoms. The van der Waals surface area contributed by atoms with Gasteiger partial charge in [-0.2, -0.15) is 0 Å². The summed E-state index contributed by atoms with van der Waals surface area (Å²) in [6, 6.07) is 22.7. The van der Waals surface area contributed by atoms with Gasteiger partial charge in [0.05, 0.1) is 29.7 Å². The number of aromatic nitrogens is 1. The van der Waals surface area contributed by atoms with E-state index in [2.05, 4.69) is 58.0 Å². The van der Waals surface area contributed by atoms with Crippen LogP contribution in [0.1, 0.15) is 5.56 Å². The number of methoxy groups -OCH3 is 1. The Labute approximate surface area is 203 Å². The van der Waals surface area contributed by atoms with Gasteiger partial charge >= 0.3 is 0 Å². The summed E-state index contributed by atoms with van der Waals surface area (Å²) >= 11 is 1.60. The lowest BCUT2D eigenvalue weighted by Gasteiger charge is -2.38. The van der Waals surface area contributed by atoms with Gasteiger partial charge in [-0.25, -0.2) is 0 Å². The molecule has 7 heteroatoms. The lowest BCUT2D eigenvalue weighted by molar-refractivity contribution is 0.415. The van der Waals surface area contributed by atoms with Crippen LogP contribution in [0.5, 0.6) is 5.75 Å². The molecule has 0 aliphatic carbocycles. The number of nitrogens with one attached hydrogen (secondary N) is 1. The second kappa shape index (κ2) is 8.99. The maximum Gasteiger partial charge on any atom is 0.253 e. The van der Waals surface area contributed by atoms with E-state index >= 15 is 0 Å². The highest BCUT2D eigenvalue weighted by molar-refractivity contribution is 8.00. The number of anilines is 4. The van der Waals surface area contributed by atoms with Gasteiger partial charge in [0, 0.05) is 60.9 Å². The first kappa shape index (κ1) is 22.2. The molecule has 174 valence electrons. The molecule has 4 aromatic rings. The highest BCUT2D eigenvalue weighted by Gasteiger charge is 2.25. The van der Waals surface area contributed by atoms with E-state index in [9.17, 15) is 4.79 Å². The number of hydrogen-bond acceptors (Lipinski definition) is 6. The summed E-state index contributed by atoms with van der Waals surface area (Å²) in [5.41, 5.74) is 6.02. The molecule has 1 aliphatic heterocycles. The van der Waals surface area contributed by atoms with Crippen LogP contribution in [-0.4, -0.2) is 31.8 Å². The van der Waals surface area contributed by atoms with E-state index in [1.165, 1.54) is 5.69 Å². The van der Waals surface area contributed by atoms with Crippen molar-refractivity contribution >= 4 is 45.6 Å². The second-order valence-electron chi connectivity index (χ2n) is 8.56. The van der Waals surface area contributed by atoms with E-state index < -0.39 is 0 Å². The Kier molecular flexibility index (Phi) is 5.87. The Morgan fingerprint density at radius 2 is 1.71 bits per heavy atom. The Bertz CT molecular complexity index is 1420. The standard InChI is InChI=1S/C27H28N4O2S/c1-18-14-22-24(30(3)27(18)32)15-20(33-4)16-25(22)31-13-12-29(2)23-11-10-21(17-26(23)31)34-28-19-8-6-5-7-9-19/h5-11,14-17,28H,12-13H2,1-4H3. The SMILES string of the molecule is COc1cc(N2CCN(C)c3ccc(SNc4ccccc4)cc32)c2cc(C)c(=O)n(C)c2c1. The molecule has 2 heterocycles. The van der Waals surface area contributed by atoms with Crippen molar-refractivity contribution in [3.05, 3.63) is 82.6 Å². The lowest BCUT2D eigenvalue weighted by atomic mass is 10.1. The van der Waals surface area contributed by atoms with E-state index in [1.807, 2.05) is 44.3 Å². The molecule has 6 nitrogen and oxygen atoms in total. The molecule has 0 unspecified atom stereocenters. The monoisotopic (exact) mass is 472 g/mol. The Hall–Kier alpha value is -3.58. The summed E-state index contributed by atoms with van der Waals surface area (Å²) in [6.45, 7) is 3.59. The number of benzene rings is 3. The molecule has 1 aromatic heterocycles. The smallest absolute Gasteiger partial charge is 0.253 e. The molecule has 0 fully saturated rings. The summed E-state index contributed by atoms with van der Waals surface area (Å²) in [5.74, 6) is 0.734. The van der Waals surface area contributed by atoms with E-state index in [0.717, 1.165) is 57.3 Å². The van der Waals surface area contributed by atoms with Crippen LogP contribution in [0.4, 0.5) is 22.7 Å². The number of likely N-dealkylation sites (N-methyl/N-ethyl adjacent to an activating group) is 1. The van der Waals surface area contributed by atoms with Gasteiger partial charge in [-0.1, -0.05) is 18.2 Å². The van der Waals surface area contributed by atoms with Crippen LogP contribution in [0.15, 0.2) is 76.4 Å². The fourth-order valence-electron chi connectivity index (χ4n) is 4.49. The summed E-state index contributed by atoms with van der Waals surface area (Å²) in [5, 5.41) is 1.04. The van der Waals surface area contributed by atoms with Crippen molar-refractivity contribution in [2.24, 2.45) is 7.05 Å². The van der Waals surface area contributed by atoms with E-state index in [1.54, 1.807) is 23.6 Å². The third-order valence-corrected chi connectivity index (χ3v) is 7.20. The van der Waals surface area contributed by atoms with Crippen LogP contribution >= 0.6 is 11.9 Å². The minimum Gasteiger partial charge on any atom is -0.497 e. The highest BCUT2D eigenvalue weighted by atomic mass is 32.2. The van der Waals surface area contributed by atoms with Crippen LogP contribution < -0.4 is 24.8 Å².